The number of hydrogen-bond acceptors (Lipinski definition) is 7. The van der Waals surface area contributed by atoms with Gasteiger partial charge in [0.15, 0.2) is 17.1 Å². The molecule has 0 spiro atoms. The molecule has 1 aliphatic rings. The number of nitrogens with zero attached hydrogens (tertiary/aromatic N) is 2. The summed E-state index contributed by atoms with van der Waals surface area (Å²) in [7, 11) is 0. The van der Waals surface area contributed by atoms with E-state index < -0.39 is 0 Å². The van der Waals surface area contributed by atoms with Crippen LogP contribution in [0.15, 0.2) is 53.4 Å². The Labute approximate surface area is 218 Å². The van der Waals surface area contributed by atoms with Gasteiger partial charge in [0.05, 0.1) is 24.8 Å². The number of ether oxygens (including phenoxy) is 2. The summed E-state index contributed by atoms with van der Waals surface area (Å²) in [6.45, 7) is 4.10. The van der Waals surface area contributed by atoms with E-state index in [-0.39, 0.29) is 37.7 Å². The second-order valence-electron chi connectivity index (χ2n) is 9.33. The highest BCUT2D eigenvalue weighted by atomic mass is 32.1. The van der Waals surface area contributed by atoms with Crippen molar-refractivity contribution in [1.29, 1.82) is 0 Å². The summed E-state index contributed by atoms with van der Waals surface area (Å²) < 4.78 is 12.4. The van der Waals surface area contributed by atoms with Crippen molar-refractivity contribution < 1.29 is 24.2 Å². The third kappa shape index (κ3) is 5.30. The second kappa shape index (κ2) is 10.6. The number of imidazole rings is 1. The molecule has 9 nitrogen and oxygen atoms in total. The molecule has 5 rings (SSSR count). The molecule has 0 fully saturated rings. The van der Waals surface area contributed by atoms with Crippen LogP contribution in [0.3, 0.4) is 0 Å². The third-order valence-electron chi connectivity index (χ3n) is 6.05. The van der Waals surface area contributed by atoms with Crippen LogP contribution in [0.5, 0.6) is 11.5 Å². The predicted octanol–water partition coefficient (Wildman–Crippen LogP) is 4.11. The smallest absolute Gasteiger partial charge is 0.270 e. The van der Waals surface area contributed by atoms with E-state index in [2.05, 4.69) is 10.6 Å². The van der Waals surface area contributed by atoms with Gasteiger partial charge in [0.25, 0.3) is 5.91 Å². The molecule has 0 saturated carbocycles. The van der Waals surface area contributed by atoms with Crippen molar-refractivity contribution in [2.75, 3.05) is 18.7 Å². The number of benzene rings is 1. The van der Waals surface area contributed by atoms with Gasteiger partial charge in [-0.15, -0.1) is 0 Å². The number of fused-ring (bicyclic) bond motifs is 2. The lowest BCUT2D eigenvalue weighted by Crippen LogP contribution is -2.39. The molecule has 4 heterocycles. The fourth-order valence-electron chi connectivity index (χ4n) is 4.42. The van der Waals surface area contributed by atoms with E-state index in [0.717, 1.165) is 11.1 Å². The molecule has 3 N–H and O–H groups in total. The minimum Gasteiger partial charge on any atom is -0.454 e. The molecule has 10 heteroatoms. The van der Waals surface area contributed by atoms with Crippen LogP contribution in [0.4, 0.5) is 5.69 Å². The zero-order valence-corrected chi connectivity index (χ0v) is 21.4. The van der Waals surface area contributed by atoms with Gasteiger partial charge in [-0.05, 0) is 53.6 Å². The zero-order valence-electron chi connectivity index (χ0n) is 20.6. The van der Waals surface area contributed by atoms with Gasteiger partial charge in [0.2, 0.25) is 12.7 Å². The van der Waals surface area contributed by atoms with Crippen LogP contribution in [0.25, 0.3) is 16.9 Å². The maximum absolute atomic E-state index is 13.5. The fraction of sp³-hybridized carbons (Fsp3) is 0.296. The van der Waals surface area contributed by atoms with Crippen molar-refractivity contribution in [2.24, 2.45) is 5.92 Å². The number of amides is 2. The standard InChI is InChI=1S/C27H28N4O5S/c1-16(2)10-19(13-32)28-27(34)25-24(18-7-9-37-14-18)30-26-20(4-3-8-31(25)26)29-23(33)12-17-5-6-21-22(11-17)36-15-35-21/h3-9,11,14,16,19,32H,10,12-13,15H2,1-2H3,(H,28,34)(H,29,33)/t19-/m1/s1. The number of carbonyl (C=O) groups excluding carboxylic acids is 2. The van der Waals surface area contributed by atoms with Gasteiger partial charge >= 0.3 is 0 Å². The number of carbonyl (C=O) groups is 2. The van der Waals surface area contributed by atoms with Crippen LogP contribution in [-0.2, 0) is 11.2 Å². The van der Waals surface area contributed by atoms with E-state index in [1.807, 2.05) is 36.7 Å². The first-order valence-corrected chi connectivity index (χ1v) is 13.0. The van der Waals surface area contributed by atoms with Crippen LogP contribution >= 0.6 is 11.3 Å². The molecule has 0 unspecified atom stereocenters. The number of hydrogen-bond donors (Lipinski definition) is 3. The highest BCUT2D eigenvalue weighted by molar-refractivity contribution is 7.08. The largest absolute Gasteiger partial charge is 0.454 e. The minimum atomic E-state index is -0.377. The highest BCUT2D eigenvalue weighted by Gasteiger charge is 2.25. The van der Waals surface area contributed by atoms with E-state index >= 15 is 0 Å². The molecule has 2 amide bonds. The van der Waals surface area contributed by atoms with E-state index in [9.17, 15) is 14.7 Å². The lowest BCUT2D eigenvalue weighted by molar-refractivity contribution is -0.115. The lowest BCUT2D eigenvalue weighted by atomic mass is 10.0. The third-order valence-corrected chi connectivity index (χ3v) is 6.73. The zero-order chi connectivity index (χ0) is 25.9. The molecule has 4 aromatic rings. The number of nitrogens with one attached hydrogen (secondary N) is 2. The monoisotopic (exact) mass is 520 g/mol. The molecule has 37 heavy (non-hydrogen) atoms. The maximum Gasteiger partial charge on any atom is 0.270 e. The number of aliphatic hydroxyl groups excluding tert-OH is 1. The topological polar surface area (TPSA) is 114 Å². The summed E-state index contributed by atoms with van der Waals surface area (Å²) >= 11 is 1.51. The molecule has 0 radical (unpaired) electrons. The SMILES string of the molecule is CC(C)C[C@H](CO)NC(=O)c1c(-c2ccsc2)nc2c(NC(=O)Cc3ccc4c(c3)OCO4)cccn12. The Morgan fingerprint density at radius 3 is 2.78 bits per heavy atom. The Balaban J connectivity index is 1.45. The predicted molar refractivity (Wildman–Crippen MR) is 141 cm³/mol. The number of aliphatic hydroxyl groups is 1. The van der Waals surface area contributed by atoms with Crippen molar-refractivity contribution >= 4 is 34.5 Å². The average molecular weight is 521 g/mol. The second-order valence-corrected chi connectivity index (χ2v) is 10.1. The van der Waals surface area contributed by atoms with Gasteiger partial charge in [-0.25, -0.2) is 4.98 Å². The Kier molecular flexibility index (Phi) is 7.11. The summed E-state index contributed by atoms with van der Waals surface area (Å²) in [6.07, 6.45) is 2.53. The van der Waals surface area contributed by atoms with Gasteiger partial charge in [-0.3, -0.25) is 14.0 Å². The lowest BCUT2D eigenvalue weighted by Gasteiger charge is -2.18. The van der Waals surface area contributed by atoms with Gasteiger partial charge in [-0.1, -0.05) is 19.9 Å². The van der Waals surface area contributed by atoms with E-state index in [1.165, 1.54) is 11.3 Å². The quantitative estimate of drug-likeness (QED) is 0.306. The number of anilines is 1. The molecule has 0 saturated heterocycles. The molecule has 192 valence electrons. The summed E-state index contributed by atoms with van der Waals surface area (Å²) in [4.78, 5) is 31.2. The van der Waals surface area contributed by atoms with Crippen LogP contribution in [0, 0.1) is 5.92 Å². The van der Waals surface area contributed by atoms with Crippen LogP contribution in [0.1, 0.15) is 36.3 Å². The Bertz CT molecular complexity index is 1430. The van der Waals surface area contributed by atoms with Crippen LogP contribution < -0.4 is 20.1 Å². The van der Waals surface area contributed by atoms with E-state index in [0.29, 0.717) is 46.6 Å². The molecule has 1 aliphatic heterocycles. The molecule has 0 aliphatic carbocycles. The Hall–Kier alpha value is -3.89. The number of aromatic nitrogens is 2. The first kappa shape index (κ1) is 24.8. The van der Waals surface area contributed by atoms with Gasteiger partial charge < -0.3 is 25.2 Å². The number of pyridine rings is 1. The fourth-order valence-corrected chi connectivity index (χ4v) is 5.06. The molecule has 0 bridgehead atoms. The van der Waals surface area contributed by atoms with Crippen molar-refractivity contribution in [3.8, 4) is 22.8 Å². The van der Waals surface area contributed by atoms with Crippen molar-refractivity contribution in [1.82, 2.24) is 14.7 Å². The number of thiophene rings is 1. The van der Waals surface area contributed by atoms with E-state index in [1.54, 1.807) is 34.9 Å². The number of rotatable bonds is 9. The summed E-state index contributed by atoms with van der Waals surface area (Å²) in [6, 6.07) is 10.5. The molecule has 1 aromatic carbocycles. The average Bonchev–Trinajstić information content (AvgIpc) is 3.62. The Morgan fingerprint density at radius 1 is 1.19 bits per heavy atom. The van der Waals surface area contributed by atoms with Crippen molar-refractivity contribution in [3.05, 3.63) is 64.6 Å². The van der Waals surface area contributed by atoms with Gasteiger partial charge in [0.1, 0.15) is 11.4 Å². The summed E-state index contributed by atoms with van der Waals surface area (Å²) in [5, 5.41) is 19.5. The minimum absolute atomic E-state index is 0.135. The summed E-state index contributed by atoms with van der Waals surface area (Å²) in [5.41, 5.74) is 3.40. The molecular weight excluding hydrogens is 492 g/mol. The highest BCUT2D eigenvalue weighted by Crippen LogP contribution is 2.33. The van der Waals surface area contributed by atoms with Crippen LogP contribution in [0.2, 0.25) is 0 Å². The molecule has 1 atom stereocenters. The van der Waals surface area contributed by atoms with Gasteiger partial charge in [-0.2, -0.15) is 11.3 Å². The van der Waals surface area contributed by atoms with Gasteiger partial charge in [0, 0.05) is 17.1 Å². The molecular formula is C27H28N4O5S. The molecule has 3 aromatic heterocycles. The van der Waals surface area contributed by atoms with Crippen LogP contribution in [-0.4, -0.2) is 45.7 Å². The first-order chi connectivity index (χ1) is 17.9. The first-order valence-electron chi connectivity index (χ1n) is 12.1. The van der Waals surface area contributed by atoms with E-state index in [4.69, 9.17) is 14.5 Å². The van der Waals surface area contributed by atoms with Crippen molar-refractivity contribution in [2.45, 2.75) is 32.7 Å². The Morgan fingerprint density at radius 2 is 2.03 bits per heavy atom. The van der Waals surface area contributed by atoms with Crippen molar-refractivity contribution in [3.63, 3.8) is 0 Å². The maximum atomic E-state index is 13.5. The normalized spacial score (nSPS) is 13.2. The summed E-state index contributed by atoms with van der Waals surface area (Å²) in [5.74, 6) is 1.03.